The lowest BCUT2D eigenvalue weighted by atomic mass is 10.0. The lowest BCUT2D eigenvalue weighted by Gasteiger charge is -2.07. The number of benzene rings is 2. The van der Waals surface area contributed by atoms with E-state index in [1.807, 2.05) is 31.2 Å². The van der Waals surface area contributed by atoms with E-state index >= 15 is 0 Å². The van der Waals surface area contributed by atoms with Gasteiger partial charge in [0.25, 0.3) is 0 Å². The number of furan rings is 1. The van der Waals surface area contributed by atoms with Gasteiger partial charge in [0.1, 0.15) is 17.4 Å². The molecule has 0 fully saturated rings. The number of hydrogen-bond donors (Lipinski definition) is 1. The van der Waals surface area contributed by atoms with Gasteiger partial charge >= 0.3 is 0 Å². The van der Waals surface area contributed by atoms with E-state index in [2.05, 4.69) is 6.07 Å². The maximum absolute atomic E-state index is 10.4. The molecule has 3 nitrogen and oxygen atoms in total. The van der Waals surface area contributed by atoms with Crippen molar-refractivity contribution in [1.82, 2.24) is 0 Å². The summed E-state index contributed by atoms with van der Waals surface area (Å²) in [7, 11) is 0. The minimum Gasteiger partial charge on any atom is -0.458 e. The molecule has 1 N–H and O–H groups in total. The molecule has 0 saturated carbocycles. The number of aliphatic hydroxyl groups is 1. The third-order valence-corrected chi connectivity index (χ3v) is 3.36. The summed E-state index contributed by atoms with van der Waals surface area (Å²) in [5.41, 5.74) is 3.00. The summed E-state index contributed by atoms with van der Waals surface area (Å²) in [6.45, 7) is 1.97. The first-order valence-corrected chi connectivity index (χ1v) is 6.36. The molecule has 3 heteroatoms. The smallest absolute Gasteiger partial charge is 0.138 e. The second kappa shape index (κ2) is 4.84. The molecule has 0 saturated heterocycles. The molecule has 3 rings (SSSR count). The molecule has 1 atom stereocenters. The summed E-state index contributed by atoms with van der Waals surface area (Å²) in [6.07, 6.45) is -0.866. The minimum atomic E-state index is -0.866. The zero-order valence-electron chi connectivity index (χ0n) is 11.0. The van der Waals surface area contributed by atoms with Gasteiger partial charge in [-0.05, 0) is 36.2 Å². The monoisotopic (exact) mass is 263 g/mol. The number of hydrogen-bond acceptors (Lipinski definition) is 3. The highest BCUT2D eigenvalue weighted by atomic mass is 16.4. The van der Waals surface area contributed by atoms with E-state index in [9.17, 15) is 5.11 Å². The number of nitrogens with zero attached hydrogens (tertiary/aromatic N) is 1. The van der Waals surface area contributed by atoms with E-state index in [-0.39, 0.29) is 0 Å². The Balaban J connectivity index is 2.06. The lowest BCUT2D eigenvalue weighted by molar-refractivity contribution is 0.192. The molecule has 1 heterocycles. The van der Waals surface area contributed by atoms with Gasteiger partial charge in [0, 0.05) is 5.39 Å². The Morgan fingerprint density at radius 1 is 1.15 bits per heavy atom. The van der Waals surface area contributed by atoms with Crippen molar-refractivity contribution in [1.29, 1.82) is 5.26 Å². The van der Waals surface area contributed by atoms with Crippen molar-refractivity contribution >= 4 is 11.0 Å². The molecule has 3 aromatic rings. The first kappa shape index (κ1) is 12.5. The molecule has 1 unspecified atom stereocenters. The van der Waals surface area contributed by atoms with Crippen LogP contribution in [0, 0.1) is 18.3 Å². The summed E-state index contributed by atoms with van der Waals surface area (Å²) >= 11 is 0. The van der Waals surface area contributed by atoms with Gasteiger partial charge in [-0.1, -0.05) is 30.3 Å². The maximum atomic E-state index is 10.4. The predicted octanol–water partition coefficient (Wildman–Crippen LogP) is 3.69. The molecular weight excluding hydrogens is 250 g/mol. The van der Waals surface area contributed by atoms with Gasteiger partial charge in [0.05, 0.1) is 11.6 Å². The van der Waals surface area contributed by atoms with Gasteiger partial charge in [-0.15, -0.1) is 0 Å². The molecule has 20 heavy (non-hydrogen) atoms. The van der Waals surface area contributed by atoms with Crippen LogP contribution in [0.3, 0.4) is 0 Å². The molecule has 0 amide bonds. The highest BCUT2D eigenvalue weighted by molar-refractivity contribution is 5.81. The van der Waals surface area contributed by atoms with Crippen LogP contribution < -0.4 is 0 Å². The fraction of sp³-hybridized carbons (Fsp3) is 0.118. The molecule has 2 aromatic carbocycles. The molecule has 0 aliphatic rings. The van der Waals surface area contributed by atoms with E-state index in [1.54, 1.807) is 24.3 Å². The Kier molecular flexibility index (Phi) is 3.02. The number of para-hydroxylation sites is 1. The standard InChI is InChI=1S/C17H13NO2/c1-11-4-2-7-14-9-15(20-17(11)14)16(19)13-6-3-5-12(8-13)10-18/h2-9,16,19H,1H3. The Bertz CT molecular complexity index is 811. The van der Waals surface area contributed by atoms with Gasteiger partial charge in [-0.2, -0.15) is 5.26 Å². The number of fused-ring (bicyclic) bond motifs is 1. The molecule has 0 aliphatic heterocycles. The van der Waals surface area contributed by atoms with E-state index in [0.29, 0.717) is 16.9 Å². The van der Waals surface area contributed by atoms with E-state index in [4.69, 9.17) is 9.68 Å². The highest BCUT2D eigenvalue weighted by Crippen LogP contribution is 2.29. The summed E-state index contributed by atoms with van der Waals surface area (Å²) in [5.74, 6) is 0.490. The van der Waals surface area contributed by atoms with Crippen LogP contribution in [0.5, 0.6) is 0 Å². The summed E-state index contributed by atoms with van der Waals surface area (Å²) < 4.78 is 5.76. The Labute approximate surface area is 116 Å². The third kappa shape index (κ3) is 2.07. The molecular formula is C17H13NO2. The van der Waals surface area contributed by atoms with Crippen molar-refractivity contribution in [2.75, 3.05) is 0 Å². The van der Waals surface area contributed by atoms with Crippen LogP contribution in [-0.4, -0.2) is 5.11 Å². The van der Waals surface area contributed by atoms with Crippen LogP contribution in [-0.2, 0) is 0 Å². The Morgan fingerprint density at radius 2 is 1.95 bits per heavy atom. The Hall–Kier alpha value is -2.57. The topological polar surface area (TPSA) is 57.2 Å². The third-order valence-electron chi connectivity index (χ3n) is 3.36. The number of aliphatic hydroxyl groups excluding tert-OH is 1. The molecule has 1 aromatic heterocycles. The summed E-state index contributed by atoms with van der Waals surface area (Å²) in [5, 5.41) is 20.3. The highest BCUT2D eigenvalue weighted by Gasteiger charge is 2.16. The quantitative estimate of drug-likeness (QED) is 0.767. The van der Waals surface area contributed by atoms with E-state index < -0.39 is 6.10 Å². The second-order valence-corrected chi connectivity index (χ2v) is 4.78. The molecule has 0 bridgehead atoms. The van der Waals surface area contributed by atoms with Crippen LogP contribution in [0.4, 0.5) is 0 Å². The largest absolute Gasteiger partial charge is 0.458 e. The van der Waals surface area contributed by atoms with Gasteiger partial charge in [0.15, 0.2) is 0 Å². The fourth-order valence-electron chi connectivity index (χ4n) is 2.31. The number of aryl methyl sites for hydroxylation is 1. The second-order valence-electron chi connectivity index (χ2n) is 4.78. The normalized spacial score (nSPS) is 12.2. The first-order valence-electron chi connectivity index (χ1n) is 6.36. The minimum absolute atomic E-state index is 0.490. The van der Waals surface area contributed by atoms with Crippen molar-refractivity contribution in [2.45, 2.75) is 13.0 Å². The van der Waals surface area contributed by atoms with Crippen LogP contribution in [0.25, 0.3) is 11.0 Å². The molecule has 0 aliphatic carbocycles. The van der Waals surface area contributed by atoms with Gasteiger partial charge in [-0.3, -0.25) is 0 Å². The zero-order chi connectivity index (χ0) is 14.1. The van der Waals surface area contributed by atoms with Crippen LogP contribution in [0.15, 0.2) is 52.9 Å². The van der Waals surface area contributed by atoms with Crippen LogP contribution in [0.2, 0.25) is 0 Å². The molecule has 98 valence electrons. The van der Waals surface area contributed by atoms with Crippen molar-refractivity contribution in [2.24, 2.45) is 0 Å². The summed E-state index contributed by atoms with van der Waals surface area (Å²) in [6, 6.07) is 16.7. The van der Waals surface area contributed by atoms with Crippen molar-refractivity contribution in [3.8, 4) is 6.07 Å². The zero-order valence-corrected chi connectivity index (χ0v) is 11.0. The van der Waals surface area contributed by atoms with E-state index in [1.165, 1.54) is 0 Å². The van der Waals surface area contributed by atoms with Crippen molar-refractivity contribution < 1.29 is 9.52 Å². The fourth-order valence-corrected chi connectivity index (χ4v) is 2.31. The van der Waals surface area contributed by atoms with Crippen molar-refractivity contribution in [3.63, 3.8) is 0 Å². The molecule has 0 radical (unpaired) electrons. The summed E-state index contributed by atoms with van der Waals surface area (Å²) in [4.78, 5) is 0. The average molecular weight is 263 g/mol. The van der Waals surface area contributed by atoms with Crippen LogP contribution in [0.1, 0.15) is 28.6 Å². The lowest BCUT2D eigenvalue weighted by Crippen LogP contribution is -1.98. The van der Waals surface area contributed by atoms with Gasteiger partial charge in [-0.25, -0.2) is 0 Å². The van der Waals surface area contributed by atoms with Crippen LogP contribution >= 0.6 is 0 Å². The number of rotatable bonds is 2. The maximum Gasteiger partial charge on any atom is 0.138 e. The predicted molar refractivity (Wildman–Crippen MR) is 76.2 cm³/mol. The number of nitriles is 1. The first-order chi connectivity index (χ1) is 9.69. The van der Waals surface area contributed by atoms with Gasteiger partial charge < -0.3 is 9.52 Å². The average Bonchev–Trinajstić information content (AvgIpc) is 2.92. The van der Waals surface area contributed by atoms with E-state index in [0.717, 1.165) is 16.5 Å². The van der Waals surface area contributed by atoms with Gasteiger partial charge in [0.2, 0.25) is 0 Å². The SMILES string of the molecule is Cc1cccc2cc(C(O)c3cccc(C#N)c3)oc12. The Morgan fingerprint density at radius 3 is 2.70 bits per heavy atom. The molecule has 0 spiro atoms. The van der Waals surface area contributed by atoms with Crippen molar-refractivity contribution in [3.05, 3.63) is 71.0 Å².